The fourth-order valence-corrected chi connectivity index (χ4v) is 5.78. The SMILES string of the molecule is CC(=O)OC[C@@]1(C)CCC[C@]2(C)c3cc(OC(C)=O)c(C(C)C)cc3CC[C@@H]12. The number of carbonyl (C=O) groups excluding carboxylic acids is 2. The average Bonchev–Trinajstić information content (AvgIpc) is 2.59. The summed E-state index contributed by atoms with van der Waals surface area (Å²) in [6, 6.07) is 4.40. The van der Waals surface area contributed by atoms with Crippen LogP contribution >= 0.6 is 0 Å². The summed E-state index contributed by atoms with van der Waals surface area (Å²) < 4.78 is 11.1. The minimum absolute atomic E-state index is 0.00510. The molecule has 0 aromatic heterocycles. The highest BCUT2D eigenvalue weighted by atomic mass is 16.5. The lowest BCUT2D eigenvalue weighted by molar-refractivity contribution is -0.148. The van der Waals surface area contributed by atoms with Crippen molar-refractivity contribution in [1.29, 1.82) is 0 Å². The highest BCUT2D eigenvalue weighted by Gasteiger charge is 2.52. The van der Waals surface area contributed by atoms with Gasteiger partial charge >= 0.3 is 11.9 Å². The van der Waals surface area contributed by atoms with E-state index in [9.17, 15) is 9.59 Å². The van der Waals surface area contributed by atoms with Crippen LogP contribution in [0.5, 0.6) is 5.75 Å². The lowest BCUT2D eigenvalue weighted by Gasteiger charge is -2.55. The van der Waals surface area contributed by atoms with Gasteiger partial charge in [0.1, 0.15) is 5.75 Å². The van der Waals surface area contributed by atoms with Gasteiger partial charge in [0.25, 0.3) is 0 Å². The molecule has 0 unspecified atom stereocenters. The van der Waals surface area contributed by atoms with Crippen LogP contribution in [-0.2, 0) is 26.2 Å². The first-order valence-electron chi connectivity index (χ1n) is 10.6. The normalized spacial score (nSPS) is 29.0. The van der Waals surface area contributed by atoms with E-state index in [4.69, 9.17) is 9.47 Å². The van der Waals surface area contributed by atoms with Crippen LogP contribution in [0.2, 0.25) is 0 Å². The van der Waals surface area contributed by atoms with E-state index in [1.165, 1.54) is 25.0 Å². The van der Waals surface area contributed by atoms with Crippen LogP contribution in [-0.4, -0.2) is 18.5 Å². The van der Waals surface area contributed by atoms with E-state index < -0.39 is 0 Å². The van der Waals surface area contributed by atoms with Gasteiger partial charge in [-0.2, -0.15) is 0 Å². The fraction of sp³-hybridized carbons (Fsp3) is 0.667. The number of fused-ring (bicyclic) bond motifs is 3. The Kier molecular flexibility index (Phi) is 5.62. The van der Waals surface area contributed by atoms with Crippen LogP contribution in [0, 0.1) is 11.3 Å². The fourth-order valence-electron chi connectivity index (χ4n) is 5.78. The quantitative estimate of drug-likeness (QED) is 0.520. The predicted molar refractivity (Wildman–Crippen MR) is 110 cm³/mol. The molecule has 3 rings (SSSR count). The zero-order valence-corrected chi connectivity index (χ0v) is 18.2. The predicted octanol–water partition coefficient (Wildman–Crippen LogP) is 5.31. The highest BCUT2D eigenvalue weighted by molar-refractivity contribution is 5.70. The number of esters is 2. The smallest absolute Gasteiger partial charge is 0.308 e. The molecule has 0 amide bonds. The summed E-state index contributed by atoms with van der Waals surface area (Å²) in [6.45, 7) is 12.3. The Bertz CT molecular complexity index is 781. The molecule has 4 heteroatoms. The molecule has 2 aliphatic rings. The Balaban J connectivity index is 2.05. The number of hydrogen-bond acceptors (Lipinski definition) is 4. The van der Waals surface area contributed by atoms with Gasteiger partial charge in [-0.3, -0.25) is 9.59 Å². The second kappa shape index (κ2) is 7.53. The summed E-state index contributed by atoms with van der Waals surface area (Å²) >= 11 is 0. The van der Waals surface area contributed by atoms with Crippen molar-refractivity contribution < 1.29 is 19.1 Å². The Morgan fingerprint density at radius 2 is 1.86 bits per heavy atom. The maximum Gasteiger partial charge on any atom is 0.308 e. The van der Waals surface area contributed by atoms with E-state index in [-0.39, 0.29) is 22.8 Å². The van der Waals surface area contributed by atoms with Gasteiger partial charge in [-0.05, 0) is 65.7 Å². The van der Waals surface area contributed by atoms with Crippen molar-refractivity contribution in [2.24, 2.45) is 11.3 Å². The minimum Gasteiger partial charge on any atom is -0.465 e. The van der Waals surface area contributed by atoms with Gasteiger partial charge in [0.05, 0.1) is 6.61 Å². The molecule has 2 aliphatic carbocycles. The van der Waals surface area contributed by atoms with Gasteiger partial charge in [0.15, 0.2) is 0 Å². The van der Waals surface area contributed by atoms with Crippen LogP contribution in [0.3, 0.4) is 0 Å². The Hall–Kier alpha value is -1.84. The standard InChI is InChI=1S/C24H34O4/c1-15(2)19-12-18-8-9-22-23(5,14-27-16(3)25)10-7-11-24(22,6)20(18)13-21(19)28-17(4)26/h12-13,15,22H,7-11,14H2,1-6H3/t22-,23+,24+/m0/s1. The largest absolute Gasteiger partial charge is 0.465 e. The van der Waals surface area contributed by atoms with E-state index in [1.807, 2.05) is 0 Å². The lowest BCUT2D eigenvalue weighted by Crippen LogP contribution is -2.51. The molecule has 0 N–H and O–H groups in total. The van der Waals surface area contributed by atoms with Gasteiger partial charge in [0, 0.05) is 19.3 Å². The first-order valence-corrected chi connectivity index (χ1v) is 10.6. The number of hydrogen-bond donors (Lipinski definition) is 0. The maximum absolute atomic E-state index is 11.7. The molecule has 0 saturated heterocycles. The van der Waals surface area contributed by atoms with Crippen molar-refractivity contribution in [3.8, 4) is 5.75 Å². The van der Waals surface area contributed by atoms with E-state index in [0.29, 0.717) is 24.2 Å². The van der Waals surface area contributed by atoms with E-state index >= 15 is 0 Å². The van der Waals surface area contributed by atoms with E-state index in [0.717, 1.165) is 37.7 Å². The molecule has 4 nitrogen and oxygen atoms in total. The molecule has 0 aliphatic heterocycles. The average molecular weight is 387 g/mol. The summed E-state index contributed by atoms with van der Waals surface area (Å²) in [4.78, 5) is 23.1. The highest BCUT2D eigenvalue weighted by Crippen LogP contribution is 2.58. The van der Waals surface area contributed by atoms with Gasteiger partial charge in [-0.15, -0.1) is 0 Å². The molecule has 1 aromatic carbocycles. The number of carbonyl (C=O) groups is 2. The van der Waals surface area contributed by atoms with Gasteiger partial charge in [-0.1, -0.05) is 40.2 Å². The molecule has 0 heterocycles. The zero-order chi connectivity index (χ0) is 20.7. The second-order valence-corrected chi connectivity index (χ2v) is 9.59. The van der Waals surface area contributed by atoms with Gasteiger partial charge in [0.2, 0.25) is 0 Å². The number of benzene rings is 1. The van der Waals surface area contributed by atoms with Crippen LogP contribution in [0.1, 0.15) is 89.8 Å². The Labute approximate surface area is 169 Å². The number of aryl methyl sites for hydroxylation is 1. The molecule has 0 spiro atoms. The number of ether oxygens (including phenoxy) is 2. The van der Waals surface area contributed by atoms with E-state index in [1.54, 1.807) is 0 Å². The molecule has 28 heavy (non-hydrogen) atoms. The molecule has 1 saturated carbocycles. The maximum atomic E-state index is 11.7. The van der Waals surface area contributed by atoms with Gasteiger partial charge < -0.3 is 9.47 Å². The van der Waals surface area contributed by atoms with Crippen LogP contribution < -0.4 is 4.74 Å². The molecule has 1 aromatic rings. The molecular weight excluding hydrogens is 352 g/mol. The molecule has 154 valence electrons. The second-order valence-electron chi connectivity index (χ2n) is 9.59. The summed E-state index contributed by atoms with van der Waals surface area (Å²) in [7, 11) is 0. The van der Waals surface area contributed by atoms with Crippen molar-refractivity contribution in [3.05, 3.63) is 28.8 Å². The third-order valence-electron chi connectivity index (χ3n) is 7.09. The van der Waals surface area contributed by atoms with Crippen molar-refractivity contribution >= 4 is 11.9 Å². The van der Waals surface area contributed by atoms with Crippen molar-refractivity contribution in [2.75, 3.05) is 6.61 Å². The van der Waals surface area contributed by atoms with Crippen molar-refractivity contribution in [3.63, 3.8) is 0 Å². The minimum atomic E-state index is -0.275. The summed E-state index contributed by atoms with van der Waals surface area (Å²) in [5.41, 5.74) is 3.79. The first kappa shape index (κ1) is 20.9. The van der Waals surface area contributed by atoms with Crippen LogP contribution in [0.4, 0.5) is 0 Å². The number of rotatable bonds is 4. The third-order valence-corrected chi connectivity index (χ3v) is 7.09. The van der Waals surface area contributed by atoms with E-state index in [2.05, 4.69) is 39.8 Å². The van der Waals surface area contributed by atoms with Crippen molar-refractivity contribution in [2.45, 2.75) is 85.0 Å². The zero-order valence-electron chi connectivity index (χ0n) is 18.2. The van der Waals surface area contributed by atoms with Crippen molar-refractivity contribution in [1.82, 2.24) is 0 Å². The Morgan fingerprint density at radius 1 is 1.14 bits per heavy atom. The summed E-state index contributed by atoms with van der Waals surface area (Å²) in [5, 5.41) is 0. The first-order chi connectivity index (χ1) is 13.1. The Morgan fingerprint density at radius 3 is 2.46 bits per heavy atom. The monoisotopic (exact) mass is 386 g/mol. The molecule has 1 fully saturated rings. The molecule has 0 radical (unpaired) electrons. The van der Waals surface area contributed by atoms with Crippen LogP contribution in [0.15, 0.2) is 12.1 Å². The summed E-state index contributed by atoms with van der Waals surface area (Å²) in [6.07, 6.45) is 5.42. The molecular formula is C24H34O4. The summed E-state index contributed by atoms with van der Waals surface area (Å²) in [5.74, 6) is 0.961. The molecule has 0 bridgehead atoms. The molecule has 3 atom stereocenters. The lowest BCUT2D eigenvalue weighted by atomic mass is 9.50. The topological polar surface area (TPSA) is 52.6 Å². The van der Waals surface area contributed by atoms with Crippen LogP contribution in [0.25, 0.3) is 0 Å². The third kappa shape index (κ3) is 3.70. The van der Waals surface area contributed by atoms with Gasteiger partial charge in [-0.25, -0.2) is 0 Å².